The summed E-state index contributed by atoms with van der Waals surface area (Å²) in [6.07, 6.45) is 2.37. The summed E-state index contributed by atoms with van der Waals surface area (Å²) >= 11 is 0. The normalized spacial score (nSPS) is 15.4. The van der Waals surface area contributed by atoms with Crippen molar-refractivity contribution < 1.29 is 18.0 Å². The number of aromatic nitrogens is 2. The van der Waals surface area contributed by atoms with Crippen LogP contribution in [0.2, 0.25) is 0 Å². The SMILES string of the molecule is N#Cc1cc(NC(=O)C2CCn3ncc(-c4ccc(F)cc4F)c3C2)ccc1F. The number of anilines is 1. The number of nitriles is 1. The Morgan fingerprint density at radius 2 is 1.97 bits per heavy atom. The molecule has 3 aromatic rings. The van der Waals surface area contributed by atoms with Crippen molar-refractivity contribution in [2.45, 2.75) is 19.4 Å². The maximum absolute atomic E-state index is 14.2. The van der Waals surface area contributed by atoms with Crippen molar-refractivity contribution in [1.29, 1.82) is 5.26 Å². The third kappa shape index (κ3) is 3.59. The summed E-state index contributed by atoms with van der Waals surface area (Å²) in [5, 5.41) is 15.9. The fourth-order valence-corrected chi connectivity index (χ4v) is 3.52. The first kappa shape index (κ1) is 18.7. The number of carbonyl (C=O) groups excluding carboxylic acids is 1. The van der Waals surface area contributed by atoms with Gasteiger partial charge in [0.25, 0.3) is 0 Å². The molecule has 0 spiro atoms. The Hall–Kier alpha value is -3.60. The van der Waals surface area contributed by atoms with Crippen molar-refractivity contribution >= 4 is 11.6 Å². The van der Waals surface area contributed by atoms with E-state index in [1.165, 1.54) is 30.5 Å². The Labute approximate surface area is 164 Å². The fourth-order valence-electron chi connectivity index (χ4n) is 3.52. The molecule has 4 rings (SSSR count). The minimum Gasteiger partial charge on any atom is -0.326 e. The van der Waals surface area contributed by atoms with Gasteiger partial charge in [-0.3, -0.25) is 9.48 Å². The van der Waals surface area contributed by atoms with Gasteiger partial charge in [0, 0.05) is 47.5 Å². The number of rotatable bonds is 3. The van der Waals surface area contributed by atoms with E-state index < -0.39 is 23.4 Å². The molecule has 2 heterocycles. The number of hydrogen-bond acceptors (Lipinski definition) is 3. The second-order valence-corrected chi connectivity index (χ2v) is 6.84. The molecule has 1 atom stereocenters. The quantitative estimate of drug-likeness (QED) is 0.726. The van der Waals surface area contributed by atoms with Crippen LogP contribution in [0.15, 0.2) is 42.6 Å². The van der Waals surface area contributed by atoms with Gasteiger partial charge in [-0.1, -0.05) is 0 Å². The maximum Gasteiger partial charge on any atom is 0.227 e. The smallest absolute Gasteiger partial charge is 0.227 e. The highest BCUT2D eigenvalue weighted by Gasteiger charge is 2.28. The van der Waals surface area contributed by atoms with Gasteiger partial charge in [-0.25, -0.2) is 13.2 Å². The molecule has 0 saturated carbocycles. The average molecular weight is 396 g/mol. The van der Waals surface area contributed by atoms with Crippen LogP contribution in [0.5, 0.6) is 0 Å². The molecule has 0 bridgehead atoms. The van der Waals surface area contributed by atoms with E-state index >= 15 is 0 Å². The molecular formula is C21H15F3N4O. The first-order valence-corrected chi connectivity index (χ1v) is 8.97. The summed E-state index contributed by atoms with van der Waals surface area (Å²) < 4.78 is 42.6. The van der Waals surface area contributed by atoms with Crippen molar-refractivity contribution in [3.8, 4) is 17.2 Å². The monoisotopic (exact) mass is 396 g/mol. The minimum atomic E-state index is -0.692. The lowest BCUT2D eigenvalue weighted by molar-refractivity contribution is -0.120. The van der Waals surface area contributed by atoms with Gasteiger partial charge >= 0.3 is 0 Å². The number of hydrogen-bond donors (Lipinski definition) is 1. The molecule has 1 amide bonds. The van der Waals surface area contributed by atoms with Gasteiger partial charge in [0.2, 0.25) is 5.91 Å². The molecule has 1 unspecified atom stereocenters. The minimum absolute atomic E-state index is 0.154. The van der Waals surface area contributed by atoms with Crippen LogP contribution in [-0.4, -0.2) is 15.7 Å². The molecule has 1 aromatic heterocycles. The van der Waals surface area contributed by atoms with Crippen molar-refractivity contribution in [3.63, 3.8) is 0 Å². The zero-order chi connectivity index (χ0) is 20.5. The van der Waals surface area contributed by atoms with E-state index in [9.17, 15) is 18.0 Å². The standard InChI is InChI=1S/C21H15F3N4O/c22-14-1-3-16(19(24)9-14)17-11-26-28-6-5-12(8-20(17)28)21(29)27-15-2-4-18(23)13(7-15)10-25/h1-4,7,9,11-12H,5-6,8H2,(H,27,29). The van der Waals surface area contributed by atoms with E-state index in [4.69, 9.17) is 5.26 Å². The fraction of sp³-hybridized carbons (Fsp3) is 0.190. The van der Waals surface area contributed by atoms with Crippen LogP contribution in [0.3, 0.4) is 0 Å². The molecule has 29 heavy (non-hydrogen) atoms. The van der Waals surface area contributed by atoms with Gasteiger partial charge in [0.15, 0.2) is 0 Å². The van der Waals surface area contributed by atoms with Gasteiger partial charge in [-0.2, -0.15) is 10.4 Å². The largest absolute Gasteiger partial charge is 0.326 e. The zero-order valence-electron chi connectivity index (χ0n) is 15.1. The van der Waals surface area contributed by atoms with Crippen LogP contribution >= 0.6 is 0 Å². The van der Waals surface area contributed by atoms with Gasteiger partial charge in [-0.05, 0) is 36.8 Å². The third-order valence-electron chi connectivity index (χ3n) is 5.02. The first-order chi connectivity index (χ1) is 14.0. The summed E-state index contributed by atoms with van der Waals surface area (Å²) in [5.41, 5.74) is 1.62. The Balaban J connectivity index is 1.56. The molecule has 0 fully saturated rings. The summed E-state index contributed by atoms with van der Waals surface area (Å²) in [6, 6.07) is 8.87. The Morgan fingerprint density at radius 3 is 2.72 bits per heavy atom. The van der Waals surface area contributed by atoms with Crippen LogP contribution in [0.4, 0.5) is 18.9 Å². The number of nitrogens with one attached hydrogen (secondary N) is 1. The zero-order valence-corrected chi connectivity index (χ0v) is 15.1. The van der Waals surface area contributed by atoms with E-state index in [0.717, 1.165) is 12.1 Å². The summed E-state index contributed by atoms with van der Waals surface area (Å²) in [7, 11) is 0. The molecule has 1 aliphatic rings. The first-order valence-electron chi connectivity index (χ1n) is 8.97. The predicted molar refractivity (Wildman–Crippen MR) is 99.1 cm³/mol. The Morgan fingerprint density at radius 1 is 1.14 bits per heavy atom. The number of aryl methyl sites for hydroxylation is 1. The summed E-state index contributed by atoms with van der Waals surface area (Å²) in [6.45, 7) is 0.475. The number of fused-ring (bicyclic) bond motifs is 1. The van der Waals surface area contributed by atoms with E-state index in [1.54, 1.807) is 10.8 Å². The number of carbonyl (C=O) groups is 1. The van der Waals surface area contributed by atoms with Gasteiger partial charge in [-0.15, -0.1) is 0 Å². The third-order valence-corrected chi connectivity index (χ3v) is 5.02. The van der Waals surface area contributed by atoms with Crippen LogP contribution < -0.4 is 5.32 Å². The number of nitrogens with zero attached hydrogens (tertiary/aromatic N) is 3. The van der Waals surface area contributed by atoms with Gasteiger partial charge in [0.05, 0.1) is 11.8 Å². The predicted octanol–water partition coefficient (Wildman–Crippen LogP) is 4.04. The van der Waals surface area contributed by atoms with Crippen LogP contribution in [0.25, 0.3) is 11.1 Å². The van der Waals surface area contributed by atoms with E-state index in [-0.39, 0.29) is 17.0 Å². The van der Waals surface area contributed by atoms with E-state index in [2.05, 4.69) is 10.4 Å². The van der Waals surface area contributed by atoms with Crippen molar-refractivity contribution in [2.24, 2.45) is 5.92 Å². The molecule has 1 aliphatic heterocycles. The highest BCUT2D eigenvalue weighted by molar-refractivity contribution is 5.93. The Kier molecular flexibility index (Phi) is 4.80. The molecule has 0 radical (unpaired) electrons. The molecule has 0 saturated heterocycles. The van der Waals surface area contributed by atoms with Crippen molar-refractivity contribution in [2.75, 3.05) is 5.32 Å². The molecule has 5 nitrogen and oxygen atoms in total. The lowest BCUT2D eigenvalue weighted by Gasteiger charge is -2.23. The van der Waals surface area contributed by atoms with Crippen LogP contribution in [0, 0.1) is 34.7 Å². The second-order valence-electron chi connectivity index (χ2n) is 6.84. The molecule has 146 valence electrons. The lowest BCUT2D eigenvalue weighted by atomic mass is 9.91. The molecule has 0 aliphatic carbocycles. The van der Waals surface area contributed by atoms with Crippen LogP contribution in [-0.2, 0) is 17.8 Å². The van der Waals surface area contributed by atoms with Crippen LogP contribution in [0.1, 0.15) is 17.7 Å². The second kappa shape index (κ2) is 7.43. The summed E-state index contributed by atoms with van der Waals surface area (Å²) in [4.78, 5) is 12.7. The number of amides is 1. The number of benzene rings is 2. The lowest BCUT2D eigenvalue weighted by Crippen LogP contribution is -2.30. The van der Waals surface area contributed by atoms with Gasteiger partial charge < -0.3 is 5.32 Å². The maximum atomic E-state index is 14.2. The Bertz CT molecular complexity index is 1150. The molecule has 1 N–H and O–H groups in total. The van der Waals surface area contributed by atoms with E-state index in [0.29, 0.717) is 36.3 Å². The summed E-state index contributed by atoms with van der Waals surface area (Å²) in [5.74, 6) is -2.70. The van der Waals surface area contributed by atoms with Crippen molar-refractivity contribution in [1.82, 2.24) is 9.78 Å². The highest BCUT2D eigenvalue weighted by atomic mass is 19.1. The molecule has 8 heteroatoms. The topological polar surface area (TPSA) is 70.7 Å². The molecule has 2 aromatic carbocycles. The number of halogens is 3. The van der Waals surface area contributed by atoms with Gasteiger partial charge in [0.1, 0.15) is 23.5 Å². The van der Waals surface area contributed by atoms with Crippen molar-refractivity contribution in [3.05, 3.63) is 71.3 Å². The van der Waals surface area contributed by atoms with E-state index in [1.807, 2.05) is 0 Å². The highest BCUT2D eigenvalue weighted by Crippen LogP contribution is 2.32. The average Bonchev–Trinajstić information content (AvgIpc) is 3.12. The molecular weight excluding hydrogens is 381 g/mol.